The fourth-order valence-corrected chi connectivity index (χ4v) is 5.08. The molecular weight excluding hydrogens is 446 g/mol. The van der Waals surface area contributed by atoms with Gasteiger partial charge in [0.25, 0.3) is 0 Å². The highest BCUT2D eigenvalue weighted by molar-refractivity contribution is 7.99. The Balaban J connectivity index is 1.29. The second-order valence-corrected chi connectivity index (χ2v) is 8.93. The van der Waals surface area contributed by atoms with Gasteiger partial charge in [-0.15, -0.1) is 0 Å². The lowest BCUT2D eigenvalue weighted by molar-refractivity contribution is -0.128. The van der Waals surface area contributed by atoms with Crippen LogP contribution in [0.25, 0.3) is 16.7 Å². The van der Waals surface area contributed by atoms with Gasteiger partial charge in [-0.25, -0.2) is 9.97 Å². The fourth-order valence-electron chi connectivity index (χ4n) is 4.15. The number of rotatable bonds is 7. The number of carbonyl (C=O) groups excluding carboxylic acids is 1. The number of hydrogen-bond acceptors (Lipinski definition) is 6. The van der Waals surface area contributed by atoms with Crippen molar-refractivity contribution in [3.05, 3.63) is 72.9 Å². The molecule has 174 valence electrons. The minimum absolute atomic E-state index is 0.135. The predicted octanol–water partition coefficient (Wildman–Crippen LogP) is 4.26. The summed E-state index contributed by atoms with van der Waals surface area (Å²) in [7, 11) is 0. The minimum Gasteiger partial charge on any atom is -0.494 e. The van der Waals surface area contributed by atoms with E-state index in [4.69, 9.17) is 9.72 Å². The number of piperazine rings is 1. The highest BCUT2D eigenvalue weighted by Crippen LogP contribution is 2.29. The van der Waals surface area contributed by atoms with Gasteiger partial charge in [-0.2, -0.15) is 0 Å². The third-order valence-electron chi connectivity index (χ3n) is 5.87. The maximum Gasteiger partial charge on any atom is 0.233 e. The van der Waals surface area contributed by atoms with Crippen molar-refractivity contribution in [2.75, 3.05) is 43.4 Å². The van der Waals surface area contributed by atoms with Gasteiger partial charge in [0, 0.05) is 38.1 Å². The molecule has 34 heavy (non-hydrogen) atoms. The van der Waals surface area contributed by atoms with Gasteiger partial charge in [0.2, 0.25) is 5.91 Å². The van der Waals surface area contributed by atoms with Gasteiger partial charge >= 0.3 is 0 Å². The lowest BCUT2D eigenvalue weighted by Crippen LogP contribution is -2.49. The maximum atomic E-state index is 13.0. The third-order valence-corrected chi connectivity index (χ3v) is 6.79. The Kier molecular flexibility index (Phi) is 6.67. The Morgan fingerprint density at radius 2 is 1.74 bits per heavy atom. The van der Waals surface area contributed by atoms with E-state index < -0.39 is 0 Å². The number of nitrogens with zero attached hydrogens (tertiary/aromatic N) is 5. The van der Waals surface area contributed by atoms with E-state index in [1.165, 1.54) is 11.8 Å². The zero-order valence-electron chi connectivity index (χ0n) is 19.1. The number of fused-ring (bicyclic) bond motifs is 1. The minimum atomic E-state index is 0.135. The first kappa shape index (κ1) is 22.3. The molecule has 2 aromatic heterocycles. The number of imidazole rings is 1. The molecule has 0 atom stereocenters. The van der Waals surface area contributed by atoms with Crippen molar-refractivity contribution in [2.24, 2.45) is 0 Å². The number of hydrogen-bond donors (Lipinski definition) is 0. The quantitative estimate of drug-likeness (QED) is 0.374. The fraction of sp³-hybridized carbons (Fsp3) is 0.269. The molecular formula is C26H27N5O2S. The van der Waals surface area contributed by atoms with E-state index in [2.05, 4.69) is 20.5 Å². The Morgan fingerprint density at radius 1 is 0.971 bits per heavy atom. The van der Waals surface area contributed by atoms with Crippen LogP contribution < -0.4 is 9.64 Å². The summed E-state index contributed by atoms with van der Waals surface area (Å²) in [6, 6.07) is 22.0. The van der Waals surface area contributed by atoms with Gasteiger partial charge in [-0.3, -0.25) is 9.36 Å². The molecule has 0 aliphatic carbocycles. The van der Waals surface area contributed by atoms with Crippen molar-refractivity contribution >= 4 is 34.5 Å². The van der Waals surface area contributed by atoms with E-state index >= 15 is 0 Å². The normalized spacial score (nSPS) is 13.9. The smallest absolute Gasteiger partial charge is 0.233 e. The van der Waals surface area contributed by atoms with Crippen LogP contribution in [0, 0.1) is 0 Å². The number of ether oxygens (including phenoxy) is 1. The van der Waals surface area contributed by atoms with Crippen molar-refractivity contribution in [3.8, 4) is 11.4 Å². The van der Waals surface area contributed by atoms with Gasteiger partial charge in [-0.05, 0) is 55.5 Å². The summed E-state index contributed by atoms with van der Waals surface area (Å²) >= 11 is 1.48. The van der Waals surface area contributed by atoms with E-state index in [9.17, 15) is 4.79 Å². The van der Waals surface area contributed by atoms with E-state index in [0.717, 1.165) is 46.5 Å². The number of aromatic nitrogens is 3. The van der Waals surface area contributed by atoms with E-state index in [1.54, 1.807) is 6.20 Å². The molecule has 1 aliphatic rings. The molecule has 5 rings (SSSR count). The van der Waals surface area contributed by atoms with Crippen LogP contribution in [0.3, 0.4) is 0 Å². The highest BCUT2D eigenvalue weighted by atomic mass is 32.2. The number of benzene rings is 2. The topological polar surface area (TPSA) is 63.5 Å². The lowest BCUT2D eigenvalue weighted by Gasteiger charge is -2.35. The maximum absolute atomic E-state index is 13.0. The summed E-state index contributed by atoms with van der Waals surface area (Å²) < 4.78 is 7.70. The number of carbonyl (C=O) groups is 1. The summed E-state index contributed by atoms with van der Waals surface area (Å²) in [4.78, 5) is 26.4. The Morgan fingerprint density at radius 3 is 2.47 bits per heavy atom. The van der Waals surface area contributed by atoms with Crippen molar-refractivity contribution in [1.29, 1.82) is 0 Å². The van der Waals surface area contributed by atoms with Crippen molar-refractivity contribution in [1.82, 2.24) is 19.4 Å². The van der Waals surface area contributed by atoms with Crippen molar-refractivity contribution in [2.45, 2.75) is 12.1 Å². The average Bonchev–Trinajstić information content (AvgIpc) is 3.27. The van der Waals surface area contributed by atoms with Crippen LogP contribution in [0.4, 0.5) is 5.82 Å². The number of pyridine rings is 1. The number of amides is 1. The summed E-state index contributed by atoms with van der Waals surface area (Å²) in [5, 5.41) is 0.811. The molecule has 3 heterocycles. The molecule has 7 nitrogen and oxygen atoms in total. The van der Waals surface area contributed by atoms with Crippen LogP contribution in [-0.2, 0) is 4.79 Å². The summed E-state index contributed by atoms with van der Waals surface area (Å²) in [6.45, 7) is 5.58. The van der Waals surface area contributed by atoms with Gasteiger partial charge < -0.3 is 14.5 Å². The first-order valence-corrected chi connectivity index (χ1v) is 12.5. The highest BCUT2D eigenvalue weighted by Gasteiger charge is 2.23. The summed E-state index contributed by atoms with van der Waals surface area (Å²) in [6.07, 6.45) is 1.81. The average molecular weight is 474 g/mol. The van der Waals surface area contributed by atoms with Crippen LogP contribution in [0.5, 0.6) is 5.75 Å². The molecule has 0 bridgehead atoms. The van der Waals surface area contributed by atoms with Gasteiger partial charge in [0.1, 0.15) is 11.6 Å². The molecule has 0 spiro atoms. The van der Waals surface area contributed by atoms with Crippen LogP contribution in [0.2, 0.25) is 0 Å². The summed E-state index contributed by atoms with van der Waals surface area (Å²) in [5.74, 6) is 2.29. The third kappa shape index (κ3) is 4.72. The predicted molar refractivity (Wildman–Crippen MR) is 136 cm³/mol. The van der Waals surface area contributed by atoms with Crippen molar-refractivity contribution < 1.29 is 9.53 Å². The SMILES string of the molecule is CCOc1ccc(-n2c(SCC(=O)N3CCN(c4ccccn4)CC3)nc3ccccc32)cc1. The molecule has 2 aromatic carbocycles. The van der Waals surface area contributed by atoms with E-state index in [1.807, 2.05) is 72.5 Å². The van der Waals surface area contributed by atoms with Crippen LogP contribution in [0.15, 0.2) is 78.1 Å². The Hall–Kier alpha value is -3.52. The molecule has 1 aliphatic heterocycles. The molecule has 1 amide bonds. The lowest BCUT2D eigenvalue weighted by atomic mass is 10.2. The molecule has 0 saturated carbocycles. The first-order chi connectivity index (χ1) is 16.7. The monoisotopic (exact) mass is 473 g/mol. The molecule has 1 saturated heterocycles. The molecule has 0 N–H and O–H groups in total. The zero-order valence-corrected chi connectivity index (χ0v) is 19.9. The zero-order chi connectivity index (χ0) is 23.3. The van der Waals surface area contributed by atoms with Crippen LogP contribution in [-0.4, -0.2) is 63.9 Å². The van der Waals surface area contributed by atoms with Crippen molar-refractivity contribution in [3.63, 3.8) is 0 Å². The second-order valence-electron chi connectivity index (χ2n) is 7.99. The molecule has 4 aromatic rings. The van der Waals surface area contributed by atoms with E-state index in [-0.39, 0.29) is 5.91 Å². The van der Waals surface area contributed by atoms with Gasteiger partial charge in [0.15, 0.2) is 5.16 Å². The molecule has 1 fully saturated rings. The van der Waals surface area contributed by atoms with Crippen LogP contribution >= 0.6 is 11.8 Å². The number of anilines is 1. The molecule has 8 heteroatoms. The van der Waals surface area contributed by atoms with E-state index in [0.29, 0.717) is 25.4 Å². The second kappa shape index (κ2) is 10.2. The molecule has 0 unspecified atom stereocenters. The number of thioether (sulfide) groups is 1. The first-order valence-electron chi connectivity index (χ1n) is 11.5. The van der Waals surface area contributed by atoms with Gasteiger partial charge in [0.05, 0.1) is 23.4 Å². The number of para-hydroxylation sites is 2. The van der Waals surface area contributed by atoms with Crippen LogP contribution in [0.1, 0.15) is 6.92 Å². The van der Waals surface area contributed by atoms with Gasteiger partial charge in [-0.1, -0.05) is 30.0 Å². The summed E-state index contributed by atoms with van der Waals surface area (Å²) in [5.41, 5.74) is 2.93. The Bertz CT molecular complexity index is 1250. The Labute approximate surface area is 203 Å². The largest absolute Gasteiger partial charge is 0.494 e. The molecule has 0 radical (unpaired) electrons. The standard InChI is InChI=1S/C26H27N5O2S/c1-2-33-21-12-10-20(11-13-21)31-23-8-4-3-7-22(23)28-26(31)34-19-25(32)30-17-15-29(16-18-30)24-9-5-6-14-27-24/h3-14H,2,15-19H2,1H3.